The fourth-order valence-corrected chi connectivity index (χ4v) is 5.35. The maximum Gasteiger partial charge on any atom is 0.338 e. The van der Waals surface area contributed by atoms with Gasteiger partial charge >= 0.3 is 7.60 Å². The highest BCUT2D eigenvalue weighted by atomic mass is 31.2. The largest absolute Gasteiger partial charge is 0.338 e. The van der Waals surface area contributed by atoms with Gasteiger partial charge in [0.05, 0.1) is 18.9 Å². The molecule has 0 aromatic heterocycles. The Morgan fingerprint density at radius 1 is 0.933 bits per heavy atom. The van der Waals surface area contributed by atoms with Crippen molar-refractivity contribution in [1.82, 2.24) is 5.06 Å². The topological polar surface area (TPSA) is 65.1 Å². The fourth-order valence-electron chi connectivity index (χ4n) is 3.21. The Hall–Kier alpha value is -1.98. The van der Waals surface area contributed by atoms with E-state index in [0.717, 1.165) is 11.1 Å². The number of rotatable bonds is 13. The molecule has 7 heteroatoms. The Labute approximate surface area is 179 Å². The Kier molecular flexibility index (Phi) is 10.2. The van der Waals surface area contributed by atoms with Gasteiger partial charge in [0.25, 0.3) is 0 Å². The summed E-state index contributed by atoms with van der Waals surface area (Å²) < 4.78 is 24.7. The van der Waals surface area contributed by atoms with Crippen molar-refractivity contribution >= 4 is 13.5 Å². The summed E-state index contributed by atoms with van der Waals surface area (Å²) in [6.07, 6.45) is 0.512. The number of benzene rings is 2. The summed E-state index contributed by atoms with van der Waals surface area (Å²) in [4.78, 5) is 18.5. The SMILES string of the molecule is CCOP(=O)(OCC)C(CCC(=O)N(CC)OCc1ccccc1)c1ccccc1. The zero-order valence-corrected chi connectivity index (χ0v) is 18.9. The average molecular weight is 433 g/mol. The average Bonchev–Trinajstić information content (AvgIpc) is 2.76. The Morgan fingerprint density at radius 3 is 2.03 bits per heavy atom. The third-order valence-electron chi connectivity index (χ3n) is 4.61. The fraction of sp³-hybridized carbons (Fsp3) is 0.435. The molecule has 1 atom stereocenters. The van der Waals surface area contributed by atoms with Gasteiger partial charge in [0.1, 0.15) is 6.61 Å². The zero-order chi connectivity index (χ0) is 21.8. The Bertz CT molecular complexity index is 790. The van der Waals surface area contributed by atoms with E-state index >= 15 is 0 Å². The number of carbonyl (C=O) groups is 1. The van der Waals surface area contributed by atoms with E-state index in [1.54, 1.807) is 13.8 Å². The lowest BCUT2D eigenvalue weighted by Gasteiger charge is -2.27. The van der Waals surface area contributed by atoms with Crippen LogP contribution in [0.1, 0.15) is 50.4 Å². The van der Waals surface area contributed by atoms with Gasteiger partial charge in [0.2, 0.25) is 5.91 Å². The maximum absolute atomic E-state index is 13.5. The van der Waals surface area contributed by atoms with Crippen LogP contribution in [0.15, 0.2) is 60.7 Å². The molecule has 2 aromatic carbocycles. The number of nitrogens with zero attached hydrogens (tertiary/aromatic N) is 1. The number of amides is 1. The third kappa shape index (κ3) is 7.06. The lowest BCUT2D eigenvalue weighted by molar-refractivity contribution is -0.190. The van der Waals surface area contributed by atoms with Crippen LogP contribution in [0.2, 0.25) is 0 Å². The van der Waals surface area contributed by atoms with Crippen molar-refractivity contribution in [2.24, 2.45) is 0 Å². The minimum atomic E-state index is -3.42. The zero-order valence-electron chi connectivity index (χ0n) is 18.0. The van der Waals surface area contributed by atoms with Crippen molar-refractivity contribution in [3.05, 3.63) is 71.8 Å². The van der Waals surface area contributed by atoms with E-state index < -0.39 is 13.3 Å². The van der Waals surface area contributed by atoms with Gasteiger partial charge in [-0.25, -0.2) is 5.06 Å². The molecule has 6 nitrogen and oxygen atoms in total. The van der Waals surface area contributed by atoms with Crippen LogP contribution in [0.5, 0.6) is 0 Å². The molecule has 0 spiro atoms. The Morgan fingerprint density at radius 2 is 1.50 bits per heavy atom. The van der Waals surface area contributed by atoms with Crippen LogP contribution in [0, 0.1) is 0 Å². The molecular weight excluding hydrogens is 401 g/mol. The lowest BCUT2D eigenvalue weighted by Crippen LogP contribution is -2.31. The summed E-state index contributed by atoms with van der Waals surface area (Å²) in [5.41, 5.74) is 1.31. The second kappa shape index (κ2) is 12.7. The molecule has 0 N–H and O–H groups in total. The highest BCUT2D eigenvalue weighted by Gasteiger charge is 2.37. The summed E-state index contributed by atoms with van der Waals surface area (Å²) in [7, 11) is -3.42. The molecule has 2 rings (SSSR count). The smallest absolute Gasteiger partial charge is 0.308 e. The molecule has 0 fully saturated rings. The maximum atomic E-state index is 13.5. The van der Waals surface area contributed by atoms with Crippen LogP contribution in [0.4, 0.5) is 0 Å². The summed E-state index contributed by atoms with van der Waals surface area (Å²) in [6, 6.07) is 19.1. The number of hydrogen-bond acceptors (Lipinski definition) is 5. The number of hydroxylamine groups is 2. The molecule has 1 unspecified atom stereocenters. The van der Waals surface area contributed by atoms with E-state index in [1.807, 2.05) is 67.6 Å². The minimum Gasteiger partial charge on any atom is -0.308 e. The monoisotopic (exact) mass is 433 g/mol. The normalized spacial score (nSPS) is 12.5. The molecule has 1 amide bonds. The summed E-state index contributed by atoms with van der Waals surface area (Å²) >= 11 is 0. The van der Waals surface area contributed by atoms with Crippen molar-refractivity contribution in [2.45, 2.75) is 45.9 Å². The van der Waals surface area contributed by atoms with Gasteiger partial charge in [-0.15, -0.1) is 0 Å². The highest BCUT2D eigenvalue weighted by molar-refractivity contribution is 7.54. The van der Waals surface area contributed by atoms with Crippen molar-refractivity contribution in [3.8, 4) is 0 Å². The molecule has 0 saturated heterocycles. The molecule has 30 heavy (non-hydrogen) atoms. The third-order valence-corrected chi connectivity index (χ3v) is 7.17. The predicted octanol–water partition coefficient (Wildman–Crippen LogP) is 5.75. The molecule has 0 bridgehead atoms. The van der Waals surface area contributed by atoms with E-state index in [2.05, 4.69) is 0 Å². The van der Waals surface area contributed by atoms with Gasteiger partial charge < -0.3 is 9.05 Å². The Balaban J connectivity index is 2.09. The second-order valence-electron chi connectivity index (χ2n) is 6.69. The molecule has 0 aliphatic rings. The molecule has 164 valence electrons. The first-order chi connectivity index (χ1) is 14.5. The van der Waals surface area contributed by atoms with Crippen LogP contribution < -0.4 is 0 Å². The van der Waals surface area contributed by atoms with E-state index in [4.69, 9.17) is 13.9 Å². The molecule has 0 aliphatic carbocycles. The number of carbonyl (C=O) groups excluding carboxylic acids is 1. The van der Waals surface area contributed by atoms with E-state index in [9.17, 15) is 9.36 Å². The lowest BCUT2D eigenvalue weighted by atomic mass is 10.1. The molecule has 0 radical (unpaired) electrons. The van der Waals surface area contributed by atoms with Gasteiger partial charge in [0, 0.05) is 13.0 Å². The minimum absolute atomic E-state index is 0.158. The van der Waals surface area contributed by atoms with Crippen LogP contribution in [0.3, 0.4) is 0 Å². The van der Waals surface area contributed by atoms with Gasteiger partial charge in [-0.05, 0) is 38.3 Å². The summed E-state index contributed by atoms with van der Waals surface area (Å²) in [6.45, 7) is 6.73. The quantitative estimate of drug-likeness (QED) is 0.297. The van der Waals surface area contributed by atoms with Gasteiger partial charge in [0.15, 0.2) is 0 Å². The molecular formula is C23H32NO5P. The van der Waals surface area contributed by atoms with Crippen LogP contribution in [-0.2, 0) is 29.9 Å². The van der Waals surface area contributed by atoms with Crippen LogP contribution in [0.25, 0.3) is 0 Å². The van der Waals surface area contributed by atoms with Gasteiger partial charge in [-0.3, -0.25) is 14.2 Å². The van der Waals surface area contributed by atoms with E-state index in [1.165, 1.54) is 5.06 Å². The molecule has 2 aromatic rings. The van der Waals surface area contributed by atoms with Crippen LogP contribution in [-0.4, -0.2) is 30.7 Å². The first kappa shape index (κ1) is 24.3. The summed E-state index contributed by atoms with van der Waals surface area (Å²) in [5, 5.41) is 1.36. The van der Waals surface area contributed by atoms with Crippen molar-refractivity contribution < 1.29 is 23.2 Å². The predicted molar refractivity (Wildman–Crippen MR) is 118 cm³/mol. The van der Waals surface area contributed by atoms with Gasteiger partial charge in [-0.1, -0.05) is 60.7 Å². The van der Waals surface area contributed by atoms with E-state index in [-0.39, 0.29) is 25.5 Å². The summed E-state index contributed by atoms with van der Waals surface area (Å²) in [5.74, 6) is -0.158. The van der Waals surface area contributed by atoms with E-state index in [0.29, 0.717) is 19.6 Å². The van der Waals surface area contributed by atoms with Crippen molar-refractivity contribution in [1.29, 1.82) is 0 Å². The van der Waals surface area contributed by atoms with Gasteiger partial charge in [-0.2, -0.15) is 0 Å². The molecule has 0 aliphatic heterocycles. The molecule has 0 heterocycles. The standard InChI is InChI=1S/C23H32NO5P/c1-4-24(27-19-20-13-9-7-10-14-20)23(25)18-17-22(21-15-11-8-12-16-21)30(26,28-5-2)29-6-3/h7-16,22H,4-6,17-19H2,1-3H3. The van der Waals surface area contributed by atoms with Crippen molar-refractivity contribution in [2.75, 3.05) is 19.8 Å². The second-order valence-corrected chi connectivity index (χ2v) is 8.91. The molecule has 0 saturated carbocycles. The first-order valence-corrected chi connectivity index (χ1v) is 12.1. The van der Waals surface area contributed by atoms with Crippen LogP contribution >= 0.6 is 7.60 Å². The first-order valence-electron chi connectivity index (χ1n) is 10.4. The highest BCUT2D eigenvalue weighted by Crippen LogP contribution is 2.62. The number of hydrogen-bond donors (Lipinski definition) is 0. The van der Waals surface area contributed by atoms with Crippen molar-refractivity contribution in [3.63, 3.8) is 0 Å².